The molecular formula is C14H20N2O3. The highest BCUT2D eigenvalue weighted by Crippen LogP contribution is 2.20. The molecule has 0 saturated carbocycles. The monoisotopic (exact) mass is 264 g/mol. The largest absolute Gasteiger partial charge is 0.489 e. The van der Waals surface area contributed by atoms with Gasteiger partial charge in [-0.3, -0.25) is 0 Å². The molecule has 1 aromatic rings. The molecule has 104 valence electrons. The van der Waals surface area contributed by atoms with Gasteiger partial charge in [0, 0.05) is 12.2 Å². The van der Waals surface area contributed by atoms with Gasteiger partial charge in [0.2, 0.25) is 0 Å². The van der Waals surface area contributed by atoms with Crippen molar-refractivity contribution >= 4 is 11.8 Å². The maximum Gasteiger partial charge on any atom is 0.409 e. The number of anilines is 1. The van der Waals surface area contributed by atoms with Gasteiger partial charge < -0.3 is 20.1 Å². The molecule has 2 rings (SSSR count). The SMILES string of the molecule is CCOC(=O)N1CCCC(Oc2ccc(N)cc2)C1. The summed E-state index contributed by atoms with van der Waals surface area (Å²) in [6.07, 6.45) is 1.63. The summed E-state index contributed by atoms with van der Waals surface area (Å²) in [5, 5.41) is 0. The van der Waals surface area contributed by atoms with Crippen molar-refractivity contribution < 1.29 is 14.3 Å². The average Bonchev–Trinajstić information content (AvgIpc) is 2.42. The molecule has 5 nitrogen and oxygen atoms in total. The Morgan fingerprint density at radius 1 is 1.42 bits per heavy atom. The number of carbonyl (C=O) groups excluding carboxylic acids is 1. The number of hydrogen-bond donors (Lipinski definition) is 1. The van der Waals surface area contributed by atoms with Gasteiger partial charge in [-0.2, -0.15) is 0 Å². The number of nitrogens with zero attached hydrogens (tertiary/aromatic N) is 1. The van der Waals surface area contributed by atoms with Crippen LogP contribution >= 0.6 is 0 Å². The average molecular weight is 264 g/mol. The van der Waals surface area contributed by atoms with Crippen molar-refractivity contribution in [2.24, 2.45) is 0 Å². The van der Waals surface area contributed by atoms with Gasteiger partial charge in [0.1, 0.15) is 11.9 Å². The highest BCUT2D eigenvalue weighted by atomic mass is 16.6. The Bertz CT molecular complexity index is 419. The number of likely N-dealkylation sites (tertiary alicyclic amines) is 1. The summed E-state index contributed by atoms with van der Waals surface area (Å²) in [4.78, 5) is 13.4. The number of nitrogens with two attached hydrogens (primary N) is 1. The molecule has 0 spiro atoms. The Hall–Kier alpha value is -1.91. The smallest absolute Gasteiger partial charge is 0.409 e. The number of nitrogen functional groups attached to an aromatic ring is 1. The van der Waals surface area contributed by atoms with E-state index in [0.717, 1.165) is 25.1 Å². The molecule has 0 aliphatic carbocycles. The second kappa shape index (κ2) is 6.31. The predicted molar refractivity (Wildman–Crippen MR) is 73.1 cm³/mol. The fraction of sp³-hybridized carbons (Fsp3) is 0.500. The maximum atomic E-state index is 11.7. The van der Waals surface area contributed by atoms with Gasteiger partial charge in [0.25, 0.3) is 0 Å². The Kier molecular flexibility index (Phi) is 4.49. The van der Waals surface area contributed by atoms with Crippen LogP contribution in [0.1, 0.15) is 19.8 Å². The molecular weight excluding hydrogens is 244 g/mol. The second-order valence-corrected chi connectivity index (χ2v) is 4.60. The minimum atomic E-state index is -0.256. The van der Waals surface area contributed by atoms with Crippen molar-refractivity contribution in [2.75, 3.05) is 25.4 Å². The molecule has 19 heavy (non-hydrogen) atoms. The third-order valence-corrected chi connectivity index (χ3v) is 3.09. The van der Waals surface area contributed by atoms with Crippen molar-refractivity contribution in [2.45, 2.75) is 25.9 Å². The van der Waals surface area contributed by atoms with E-state index in [0.29, 0.717) is 18.8 Å². The molecule has 1 unspecified atom stereocenters. The van der Waals surface area contributed by atoms with Crippen LogP contribution in [0.2, 0.25) is 0 Å². The van der Waals surface area contributed by atoms with Crippen molar-refractivity contribution in [1.82, 2.24) is 4.90 Å². The van der Waals surface area contributed by atoms with E-state index in [2.05, 4.69) is 0 Å². The maximum absolute atomic E-state index is 11.7. The van der Waals surface area contributed by atoms with Gasteiger partial charge in [0.15, 0.2) is 0 Å². The molecule has 2 N–H and O–H groups in total. The minimum Gasteiger partial charge on any atom is -0.489 e. The Labute approximate surface area is 113 Å². The summed E-state index contributed by atoms with van der Waals surface area (Å²) >= 11 is 0. The Balaban J connectivity index is 1.90. The van der Waals surface area contributed by atoms with E-state index in [1.54, 1.807) is 17.0 Å². The van der Waals surface area contributed by atoms with Gasteiger partial charge in [-0.25, -0.2) is 4.79 Å². The van der Waals surface area contributed by atoms with Gasteiger partial charge in [-0.05, 0) is 44.0 Å². The van der Waals surface area contributed by atoms with Crippen LogP contribution < -0.4 is 10.5 Å². The minimum absolute atomic E-state index is 0.0155. The van der Waals surface area contributed by atoms with Crippen LogP contribution in [0.5, 0.6) is 5.75 Å². The van der Waals surface area contributed by atoms with Crippen LogP contribution in [0.4, 0.5) is 10.5 Å². The van der Waals surface area contributed by atoms with E-state index in [4.69, 9.17) is 15.2 Å². The summed E-state index contributed by atoms with van der Waals surface area (Å²) in [5.41, 5.74) is 6.34. The normalized spacial score (nSPS) is 19.0. The molecule has 0 aromatic heterocycles. The van der Waals surface area contributed by atoms with E-state index in [1.165, 1.54) is 0 Å². The first-order valence-electron chi connectivity index (χ1n) is 6.63. The summed E-state index contributed by atoms with van der Waals surface area (Å²) in [5.74, 6) is 0.782. The standard InChI is InChI=1S/C14H20N2O3/c1-2-18-14(17)16-9-3-4-13(10-16)19-12-7-5-11(15)6-8-12/h5-8,13H,2-4,9-10,15H2,1H3. The molecule has 0 bridgehead atoms. The Morgan fingerprint density at radius 3 is 2.84 bits per heavy atom. The number of rotatable bonds is 3. The van der Waals surface area contributed by atoms with E-state index in [9.17, 15) is 4.79 Å². The lowest BCUT2D eigenvalue weighted by Gasteiger charge is -2.32. The molecule has 1 aliphatic rings. The van der Waals surface area contributed by atoms with Crippen LogP contribution in [-0.2, 0) is 4.74 Å². The number of amides is 1. The van der Waals surface area contributed by atoms with Crippen LogP contribution in [0, 0.1) is 0 Å². The molecule has 1 amide bonds. The van der Waals surface area contributed by atoms with Crippen LogP contribution in [0.25, 0.3) is 0 Å². The molecule has 1 atom stereocenters. The third-order valence-electron chi connectivity index (χ3n) is 3.09. The number of piperidine rings is 1. The Morgan fingerprint density at radius 2 is 2.16 bits per heavy atom. The zero-order valence-corrected chi connectivity index (χ0v) is 11.2. The van der Waals surface area contributed by atoms with Crippen molar-refractivity contribution in [3.05, 3.63) is 24.3 Å². The summed E-state index contributed by atoms with van der Waals surface area (Å²) in [6, 6.07) is 7.31. The molecule has 5 heteroatoms. The quantitative estimate of drug-likeness (QED) is 0.850. The summed E-state index contributed by atoms with van der Waals surface area (Å²) < 4.78 is 10.9. The number of ether oxygens (including phenoxy) is 2. The topological polar surface area (TPSA) is 64.8 Å². The number of hydrogen-bond acceptors (Lipinski definition) is 4. The highest BCUT2D eigenvalue weighted by Gasteiger charge is 2.25. The number of benzene rings is 1. The van der Waals surface area contributed by atoms with Gasteiger partial charge in [0.05, 0.1) is 13.2 Å². The predicted octanol–water partition coefficient (Wildman–Crippen LogP) is 2.27. The van der Waals surface area contributed by atoms with E-state index >= 15 is 0 Å². The van der Waals surface area contributed by atoms with Crippen LogP contribution in [0.15, 0.2) is 24.3 Å². The fourth-order valence-electron chi connectivity index (χ4n) is 2.15. The molecule has 1 aliphatic heterocycles. The van der Waals surface area contributed by atoms with E-state index < -0.39 is 0 Å². The first-order chi connectivity index (χ1) is 9.19. The van der Waals surface area contributed by atoms with Crippen molar-refractivity contribution in [1.29, 1.82) is 0 Å². The summed E-state index contributed by atoms with van der Waals surface area (Å²) in [6.45, 7) is 3.52. The molecule has 1 aromatic carbocycles. The fourth-order valence-corrected chi connectivity index (χ4v) is 2.15. The second-order valence-electron chi connectivity index (χ2n) is 4.60. The van der Waals surface area contributed by atoms with Gasteiger partial charge in [-0.15, -0.1) is 0 Å². The first-order valence-corrected chi connectivity index (χ1v) is 6.63. The van der Waals surface area contributed by atoms with E-state index in [-0.39, 0.29) is 12.2 Å². The molecule has 1 heterocycles. The van der Waals surface area contributed by atoms with Crippen molar-refractivity contribution in [3.63, 3.8) is 0 Å². The van der Waals surface area contributed by atoms with Crippen LogP contribution in [-0.4, -0.2) is 36.8 Å². The van der Waals surface area contributed by atoms with Gasteiger partial charge in [-0.1, -0.05) is 0 Å². The lowest BCUT2D eigenvalue weighted by atomic mass is 10.1. The first kappa shape index (κ1) is 13.5. The number of carbonyl (C=O) groups is 1. The van der Waals surface area contributed by atoms with Crippen molar-refractivity contribution in [3.8, 4) is 5.75 Å². The lowest BCUT2D eigenvalue weighted by Crippen LogP contribution is -2.44. The lowest BCUT2D eigenvalue weighted by molar-refractivity contribution is 0.0612. The van der Waals surface area contributed by atoms with Gasteiger partial charge >= 0.3 is 6.09 Å². The zero-order chi connectivity index (χ0) is 13.7. The third kappa shape index (κ3) is 3.77. The van der Waals surface area contributed by atoms with E-state index in [1.807, 2.05) is 19.1 Å². The summed E-state index contributed by atoms with van der Waals surface area (Å²) in [7, 11) is 0. The zero-order valence-electron chi connectivity index (χ0n) is 11.2. The highest BCUT2D eigenvalue weighted by molar-refractivity contribution is 5.67. The molecule has 1 fully saturated rings. The molecule has 0 radical (unpaired) electrons. The van der Waals surface area contributed by atoms with Crippen LogP contribution in [0.3, 0.4) is 0 Å². The molecule has 1 saturated heterocycles.